The van der Waals surface area contributed by atoms with Crippen LogP contribution in [0.2, 0.25) is 5.02 Å². The van der Waals surface area contributed by atoms with E-state index in [9.17, 15) is 0 Å². The van der Waals surface area contributed by atoms with Crippen molar-refractivity contribution in [3.05, 3.63) is 135 Å². The van der Waals surface area contributed by atoms with E-state index in [4.69, 9.17) is 21.1 Å². The van der Waals surface area contributed by atoms with Crippen LogP contribution in [0.15, 0.2) is 97.1 Å². The second-order valence-corrected chi connectivity index (χ2v) is 9.76. The number of nitrogens with zero attached hydrogens (tertiary/aromatic N) is 1. The standard InChI is InChI=1S/C32H28ClNO2/c1-35-30-18-23-16-17-34-29(28(23)20-31(30)36-2)19-27(21-8-4-3-5-9-21)25-10-6-7-11-26(25)32(34)22-12-14-24(33)15-13-22/h3-15,18-20,29,32H,16-17H2,1-2H3/t29?,32-/m1/s1. The van der Waals surface area contributed by atoms with E-state index in [0.717, 1.165) is 29.5 Å². The molecule has 0 amide bonds. The zero-order valence-electron chi connectivity index (χ0n) is 20.4. The van der Waals surface area contributed by atoms with Gasteiger partial charge in [-0.3, -0.25) is 4.90 Å². The minimum atomic E-state index is 0.0665. The first-order chi connectivity index (χ1) is 17.7. The number of methoxy groups -OCH3 is 2. The predicted molar refractivity (Wildman–Crippen MR) is 146 cm³/mol. The first kappa shape index (κ1) is 22.9. The summed E-state index contributed by atoms with van der Waals surface area (Å²) < 4.78 is 11.4. The summed E-state index contributed by atoms with van der Waals surface area (Å²) in [4.78, 5) is 2.62. The molecule has 6 rings (SSSR count). The van der Waals surface area contributed by atoms with Crippen molar-refractivity contribution in [2.75, 3.05) is 20.8 Å². The summed E-state index contributed by atoms with van der Waals surface area (Å²) in [5.74, 6) is 1.54. The van der Waals surface area contributed by atoms with Gasteiger partial charge in [0, 0.05) is 11.6 Å². The third-order valence-electron chi connectivity index (χ3n) is 7.43. The van der Waals surface area contributed by atoms with Crippen LogP contribution in [0.25, 0.3) is 5.57 Å². The number of hydrogen-bond acceptors (Lipinski definition) is 3. The topological polar surface area (TPSA) is 21.7 Å². The van der Waals surface area contributed by atoms with E-state index < -0.39 is 0 Å². The molecule has 36 heavy (non-hydrogen) atoms. The monoisotopic (exact) mass is 493 g/mol. The van der Waals surface area contributed by atoms with Gasteiger partial charge in [-0.15, -0.1) is 0 Å². The Balaban J connectivity index is 1.62. The molecule has 0 saturated heterocycles. The molecule has 0 N–H and O–H groups in total. The van der Waals surface area contributed by atoms with Gasteiger partial charge in [0.2, 0.25) is 0 Å². The highest BCUT2D eigenvalue weighted by atomic mass is 35.5. The normalized spacial score (nSPS) is 18.8. The first-order valence-electron chi connectivity index (χ1n) is 12.3. The van der Waals surface area contributed by atoms with E-state index in [1.165, 1.54) is 39.0 Å². The third-order valence-corrected chi connectivity index (χ3v) is 7.68. The van der Waals surface area contributed by atoms with Gasteiger partial charge >= 0.3 is 0 Å². The Morgan fingerprint density at radius 1 is 0.778 bits per heavy atom. The van der Waals surface area contributed by atoms with Crippen LogP contribution in [0, 0.1) is 0 Å². The molecule has 0 bridgehead atoms. The smallest absolute Gasteiger partial charge is 0.161 e. The molecule has 2 atom stereocenters. The second kappa shape index (κ2) is 9.50. The fourth-order valence-electron chi connectivity index (χ4n) is 5.76. The fourth-order valence-corrected chi connectivity index (χ4v) is 5.89. The van der Waals surface area contributed by atoms with Crippen LogP contribution in [0.5, 0.6) is 11.5 Å². The number of fused-ring (bicyclic) bond motifs is 4. The fraction of sp³-hybridized carbons (Fsp3) is 0.188. The number of benzene rings is 4. The second-order valence-electron chi connectivity index (χ2n) is 9.33. The molecule has 0 fully saturated rings. The maximum atomic E-state index is 6.30. The molecule has 1 unspecified atom stereocenters. The molecular formula is C32H28ClNO2. The summed E-state index contributed by atoms with van der Waals surface area (Å²) in [6.45, 7) is 0.924. The highest BCUT2D eigenvalue weighted by Gasteiger charge is 2.37. The minimum Gasteiger partial charge on any atom is -0.493 e. The van der Waals surface area contributed by atoms with Crippen molar-refractivity contribution in [3.63, 3.8) is 0 Å². The van der Waals surface area contributed by atoms with Crippen LogP contribution in [0.3, 0.4) is 0 Å². The summed E-state index contributed by atoms with van der Waals surface area (Å²) in [6, 6.07) is 32.3. The van der Waals surface area contributed by atoms with Crippen molar-refractivity contribution in [2.45, 2.75) is 18.5 Å². The number of halogens is 1. The quantitative estimate of drug-likeness (QED) is 0.294. The Bertz CT molecular complexity index is 1430. The van der Waals surface area contributed by atoms with Gasteiger partial charge in [-0.2, -0.15) is 0 Å². The molecule has 0 aliphatic carbocycles. The molecule has 2 heterocycles. The van der Waals surface area contributed by atoms with E-state index >= 15 is 0 Å². The number of hydrogen-bond donors (Lipinski definition) is 0. The maximum Gasteiger partial charge on any atom is 0.161 e. The molecule has 4 aromatic rings. The van der Waals surface area contributed by atoms with E-state index in [-0.39, 0.29) is 12.1 Å². The van der Waals surface area contributed by atoms with Crippen molar-refractivity contribution in [1.82, 2.24) is 4.90 Å². The molecule has 180 valence electrons. The molecule has 3 nitrogen and oxygen atoms in total. The van der Waals surface area contributed by atoms with Gasteiger partial charge in [0.05, 0.1) is 26.3 Å². The summed E-state index contributed by atoms with van der Waals surface area (Å²) in [6.07, 6.45) is 3.38. The Kier molecular flexibility index (Phi) is 6.04. The maximum absolute atomic E-state index is 6.30. The Hall–Kier alpha value is -3.53. The zero-order chi connectivity index (χ0) is 24.6. The van der Waals surface area contributed by atoms with E-state index in [1.54, 1.807) is 14.2 Å². The average Bonchev–Trinajstić information content (AvgIpc) is 3.08. The van der Waals surface area contributed by atoms with Crippen LogP contribution < -0.4 is 9.47 Å². The van der Waals surface area contributed by atoms with Gasteiger partial charge in [-0.05, 0) is 69.6 Å². The van der Waals surface area contributed by atoms with Gasteiger partial charge in [0.15, 0.2) is 11.5 Å². The highest BCUT2D eigenvalue weighted by Crippen LogP contribution is 2.48. The number of ether oxygens (including phenoxy) is 2. The summed E-state index contributed by atoms with van der Waals surface area (Å²) >= 11 is 6.30. The molecule has 0 radical (unpaired) electrons. The summed E-state index contributed by atoms with van der Waals surface area (Å²) in [5, 5.41) is 0.751. The van der Waals surface area contributed by atoms with Gasteiger partial charge in [0.1, 0.15) is 0 Å². The van der Waals surface area contributed by atoms with E-state index in [1.807, 2.05) is 12.1 Å². The Labute approximate surface area is 217 Å². The molecule has 0 saturated carbocycles. The van der Waals surface area contributed by atoms with Crippen molar-refractivity contribution >= 4 is 17.2 Å². The number of rotatable bonds is 4. The van der Waals surface area contributed by atoms with Crippen molar-refractivity contribution in [3.8, 4) is 11.5 Å². The molecule has 2 aliphatic rings. The molecule has 4 heteroatoms. The minimum absolute atomic E-state index is 0.0665. The lowest BCUT2D eigenvalue weighted by Crippen LogP contribution is -2.37. The van der Waals surface area contributed by atoms with E-state index in [0.29, 0.717) is 0 Å². The highest BCUT2D eigenvalue weighted by molar-refractivity contribution is 6.30. The lowest BCUT2D eigenvalue weighted by molar-refractivity contribution is 0.176. The van der Waals surface area contributed by atoms with Crippen LogP contribution >= 0.6 is 11.6 Å². The van der Waals surface area contributed by atoms with Gasteiger partial charge in [-0.25, -0.2) is 0 Å². The Morgan fingerprint density at radius 2 is 1.47 bits per heavy atom. The largest absolute Gasteiger partial charge is 0.493 e. The SMILES string of the molecule is COc1cc2c(cc1OC)C1C=C(c3ccccc3)c3ccccc3[C@@H](c3ccc(Cl)cc3)N1CC2. The summed E-state index contributed by atoms with van der Waals surface area (Å²) in [5.41, 5.74) is 8.84. The molecule has 0 aromatic heterocycles. The van der Waals surface area contributed by atoms with Crippen LogP contribution in [0.1, 0.15) is 45.5 Å². The lowest BCUT2D eigenvalue weighted by atomic mass is 9.88. The molecular weight excluding hydrogens is 466 g/mol. The van der Waals surface area contributed by atoms with Crippen molar-refractivity contribution < 1.29 is 9.47 Å². The van der Waals surface area contributed by atoms with Crippen molar-refractivity contribution in [1.29, 1.82) is 0 Å². The lowest BCUT2D eigenvalue weighted by Gasteiger charge is -2.41. The van der Waals surface area contributed by atoms with Crippen LogP contribution in [0.4, 0.5) is 0 Å². The van der Waals surface area contributed by atoms with Crippen molar-refractivity contribution in [2.24, 2.45) is 0 Å². The molecule has 2 aliphatic heterocycles. The average molecular weight is 494 g/mol. The van der Waals surface area contributed by atoms with Gasteiger partial charge in [-0.1, -0.05) is 84.4 Å². The van der Waals surface area contributed by atoms with Crippen LogP contribution in [-0.4, -0.2) is 25.7 Å². The van der Waals surface area contributed by atoms with E-state index in [2.05, 4.69) is 89.8 Å². The molecule has 4 aromatic carbocycles. The first-order valence-corrected chi connectivity index (χ1v) is 12.7. The predicted octanol–water partition coefficient (Wildman–Crippen LogP) is 7.49. The third kappa shape index (κ3) is 3.89. The van der Waals surface area contributed by atoms with Gasteiger partial charge in [0.25, 0.3) is 0 Å². The summed E-state index contributed by atoms with van der Waals surface area (Å²) in [7, 11) is 3.40. The van der Waals surface area contributed by atoms with Gasteiger partial charge < -0.3 is 9.47 Å². The zero-order valence-corrected chi connectivity index (χ0v) is 21.2. The van der Waals surface area contributed by atoms with Crippen LogP contribution in [-0.2, 0) is 6.42 Å². The molecule has 0 spiro atoms. The Morgan fingerprint density at radius 3 is 2.22 bits per heavy atom.